The van der Waals surface area contributed by atoms with Crippen molar-refractivity contribution in [1.82, 2.24) is 139 Å². The van der Waals surface area contributed by atoms with Gasteiger partial charge in [-0.05, 0) is 74.1 Å². The Bertz CT molecular complexity index is 4800. The van der Waals surface area contributed by atoms with Crippen LogP contribution in [0.25, 0.3) is 44.7 Å². The van der Waals surface area contributed by atoms with Gasteiger partial charge in [0.05, 0.1) is 148 Å². The summed E-state index contributed by atoms with van der Waals surface area (Å²) in [5, 5.41) is 12.6. The highest BCUT2D eigenvalue weighted by Gasteiger charge is 2.18. The Morgan fingerprint density at radius 2 is 0.612 bits per heavy atom. The van der Waals surface area contributed by atoms with Crippen molar-refractivity contribution in [3.05, 3.63) is 160 Å². The van der Waals surface area contributed by atoms with E-state index in [-0.39, 0.29) is 72.2 Å². The van der Waals surface area contributed by atoms with E-state index in [2.05, 4.69) is 135 Å². The van der Waals surface area contributed by atoms with Gasteiger partial charge in [-0.25, -0.2) is 59.0 Å². The maximum absolute atomic E-state index is 12.3. The smallest absolute Gasteiger partial charge is 0.328 e. The third-order valence-electron chi connectivity index (χ3n) is 15.1. The van der Waals surface area contributed by atoms with Gasteiger partial charge in [0.2, 0.25) is 0 Å². The highest BCUT2D eigenvalue weighted by molar-refractivity contribution is 5.83. The lowest BCUT2D eigenvalue weighted by atomic mass is 10.3. The molecule has 39 nitrogen and oxygen atoms in total. The molecule has 16 N–H and O–H groups in total. The summed E-state index contributed by atoms with van der Waals surface area (Å²) in [5.74, 6) is 3.05. The van der Waals surface area contributed by atoms with E-state index in [1.54, 1.807) is 77.3 Å². The Morgan fingerprint density at radius 1 is 0.350 bits per heavy atom. The molecule has 0 aromatic carbocycles. The van der Waals surface area contributed by atoms with Crippen molar-refractivity contribution in [1.29, 1.82) is 0 Å². The van der Waals surface area contributed by atoms with Gasteiger partial charge in [-0.1, -0.05) is 20.3 Å². The van der Waals surface area contributed by atoms with Crippen LogP contribution in [0, 0.1) is 27.7 Å². The summed E-state index contributed by atoms with van der Waals surface area (Å²) in [5.41, 5.74) is 31.8. The third kappa shape index (κ3) is 21.1. The molecule has 0 atom stereocenters. The molecule has 39 heteroatoms. The molecule has 0 aliphatic carbocycles. The fourth-order valence-electron chi connectivity index (χ4n) is 10.2. The molecule has 0 aliphatic heterocycles. The highest BCUT2D eigenvalue weighted by Crippen LogP contribution is 2.19. The zero-order chi connectivity index (χ0) is 73.4. The van der Waals surface area contributed by atoms with Crippen LogP contribution in [0.15, 0.2) is 68.8 Å². The zero-order valence-electron chi connectivity index (χ0n) is 58.9. The Morgan fingerprint density at radius 3 is 0.883 bits per heavy atom. The molecule has 0 aliphatic rings. The average Bonchev–Trinajstić information content (AvgIpc) is 1.67. The number of aromatic amines is 4. The molecule has 0 fully saturated rings. The number of aryl methyl sites for hydroxylation is 4. The number of nitrogens with one attached hydrogen (secondary N) is 8. The number of hydrogen-bond donors (Lipinski definition) is 12. The van der Waals surface area contributed by atoms with E-state index in [0.29, 0.717) is 150 Å². The van der Waals surface area contributed by atoms with Gasteiger partial charge in [-0.3, -0.25) is 58.1 Å². The largest absolute Gasteiger partial charge is 0.382 e. The molecule has 0 amide bonds. The number of anilines is 4. The van der Waals surface area contributed by atoms with Gasteiger partial charge in [-0.2, -0.15) is 0 Å². The molecule has 12 rings (SSSR count). The summed E-state index contributed by atoms with van der Waals surface area (Å²) in [6, 6.07) is 0. The quantitative estimate of drug-likeness (QED) is 0.0266. The van der Waals surface area contributed by atoms with Gasteiger partial charge in [-0.15, -0.1) is 0 Å². The molecule has 12 aromatic heterocycles. The Hall–Kier alpha value is -11.4. The molecule has 0 radical (unpaired) electrons. The van der Waals surface area contributed by atoms with Gasteiger partial charge in [0, 0.05) is 39.4 Å². The standard InChI is InChI=1S/C23H36N8O4.C15H20N8O.2C13H16N8O/c1-3-4-7-33-9-11-35-12-10-34-8-5-6-25-13-18-14-27-19(15-26-18)16-31-22-20(30-23(31)32)21(24)28-17(2)29-22;1-3-4-17-5-10-6-19-11(7-18-10)8-23-14-12(22-15(23)24)13(16)20-9(2)21-14;2*1-7-18-11(14)10-12(19-7)21(13(22)20-10)6-9-5-16-8(3-15-2)4-17-9/h14-15,25H,3-13,16H2,1-2H3,(H,30,32)(H2,24,28,29);6-7,17H,3-5,8H2,1-2H3,(H,22,24)(H2,16,20,21);2*4-5,15H,3,6H2,1-2H3,(H,20,22)(H2,14,18,19). The number of rotatable bonds is 31. The van der Waals surface area contributed by atoms with E-state index in [1.807, 2.05) is 14.1 Å². The number of nitrogens with zero attached hydrogens (tertiary/aromatic N) is 20. The van der Waals surface area contributed by atoms with Gasteiger partial charge < -0.3 is 78.3 Å². The molecule has 12 heterocycles. The lowest BCUT2D eigenvalue weighted by Gasteiger charge is -2.08. The summed E-state index contributed by atoms with van der Waals surface area (Å²) in [7, 11) is 3.68. The van der Waals surface area contributed by atoms with E-state index in [0.717, 1.165) is 68.2 Å². The summed E-state index contributed by atoms with van der Waals surface area (Å²) in [6.45, 7) is 20.4. The predicted octanol–water partition coefficient (Wildman–Crippen LogP) is 0.662. The normalized spacial score (nSPS) is 11.3. The zero-order valence-corrected chi connectivity index (χ0v) is 58.9. The molecule has 0 unspecified atom stereocenters. The third-order valence-corrected chi connectivity index (χ3v) is 15.1. The summed E-state index contributed by atoms with van der Waals surface area (Å²) >= 11 is 0. The molecular weight excluding hydrogens is 1330 g/mol. The lowest BCUT2D eigenvalue weighted by molar-refractivity contribution is 0.0137. The molecular formula is C64H88N32O7. The molecule has 0 spiro atoms. The van der Waals surface area contributed by atoms with Crippen molar-refractivity contribution in [2.45, 2.75) is 120 Å². The Kier molecular flexibility index (Phi) is 27.5. The Labute approximate surface area is 588 Å². The number of ether oxygens (including phenoxy) is 3. The van der Waals surface area contributed by atoms with E-state index in [1.165, 1.54) is 18.3 Å². The van der Waals surface area contributed by atoms with Gasteiger partial charge in [0.15, 0.2) is 45.9 Å². The minimum atomic E-state index is -0.315. The fourth-order valence-corrected chi connectivity index (χ4v) is 10.2. The Balaban J connectivity index is 0.000000163. The first-order chi connectivity index (χ1) is 49.8. The predicted molar refractivity (Wildman–Crippen MR) is 385 cm³/mol. The molecule has 0 bridgehead atoms. The van der Waals surface area contributed by atoms with Gasteiger partial charge in [0.25, 0.3) is 0 Å². The van der Waals surface area contributed by atoms with Crippen LogP contribution in [0.1, 0.15) is 108 Å². The van der Waals surface area contributed by atoms with Crippen LogP contribution in [0.4, 0.5) is 23.3 Å². The molecule has 12 aromatic rings. The van der Waals surface area contributed by atoms with Crippen molar-refractivity contribution in [3.8, 4) is 0 Å². The number of nitrogen functional groups attached to an aromatic ring is 4. The topological polar surface area (TPSA) is 537 Å². The number of aromatic nitrogens is 24. The van der Waals surface area contributed by atoms with Crippen molar-refractivity contribution in [2.75, 3.05) is 89.8 Å². The number of hydrogen-bond acceptors (Lipinski definition) is 31. The second-order valence-corrected chi connectivity index (χ2v) is 23.4. The molecule has 0 saturated heterocycles. The summed E-state index contributed by atoms with van der Waals surface area (Å²) in [4.78, 5) is 128. The maximum Gasteiger partial charge on any atom is 0.328 e. The SMILES string of the molecule is CCCCOCCOCCOCCCNCc1cnc(Cn2c(=O)[nH]c3c(N)nc(C)nc32)cn1.CCCNCc1cnc(Cn2c(=O)[nH]c3c(N)nc(C)nc32)cn1.CNCc1cnc(Cn2c(=O)[nH]c3c(N)nc(C)nc32)cn1.CNCc1cnc(Cn2c(=O)[nH]c3c(N)nc(C)nc32)cn1. The van der Waals surface area contributed by atoms with Gasteiger partial charge in [0.1, 0.15) is 45.4 Å². The monoisotopic (exact) mass is 1420 g/mol. The van der Waals surface area contributed by atoms with Crippen LogP contribution < -0.4 is 67.0 Å². The first kappa shape index (κ1) is 75.8. The number of imidazole rings is 4. The van der Waals surface area contributed by atoms with E-state index >= 15 is 0 Å². The van der Waals surface area contributed by atoms with Crippen LogP contribution in [-0.2, 0) is 66.6 Å². The van der Waals surface area contributed by atoms with Gasteiger partial charge >= 0.3 is 22.8 Å². The van der Waals surface area contributed by atoms with E-state index in [9.17, 15) is 19.2 Å². The van der Waals surface area contributed by atoms with Crippen LogP contribution in [0.2, 0.25) is 0 Å². The highest BCUT2D eigenvalue weighted by atomic mass is 16.5. The van der Waals surface area contributed by atoms with E-state index < -0.39 is 0 Å². The average molecular weight is 1420 g/mol. The number of unbranched alkanes of at least 4 members (excludes halogenated alkanes) is 1. The second kappa shape index (κ2) is 37.4. The fraction of sp³-hybridized carbons (Fsp3) is 0.438. The van der Waals surface area contributed by atoms with Crippen LogP contribution >= 0.6 is 0 Å². The minimum Gasteiger partial charge on any atom is -0.382 e. The molecule has 0 saturated carbocycles. The van der Waals surface area contributed by atoms with E-state index in [4.69, 9.17) is 37.1 Å². The first-order valence-corrected chi connectivity index (χ1v) is 33.4. The minimum absolute atomic E-state index is 0.238. The second-order valence-electron chi connectivity index (χ2n) is 23.4. The number of nitrogens with two attached hydrogens (primary N) is 4. The number of fused-ring (bicyclic) bond motifs is 4. The molecule has 103 heavy (non-hydrogen) atoms. The summed E-state index contributed by atoms with van der Waals surface area (Å²) < 4.78 is 22.4. The van der Waals surface area contributed by atoms with Crippen molar-refractivity contribution < 1.29 is 14.2 Å². The van der Waals surface area contributed by atoms with Crippen molar-refractivity contribution in [3.63, 3.8) is 0 Å². The van der Waals surface area contributed by atoms with Crippen LogP contribution in [0.5, 0.6) is 0 Å². The summed E-state index contributed by atoms with van der Waals surface area (Å²) in [6.07, 6.45) is 17.6. The van der Waals surface area contributed by atoms with Crippen LogP contribution in [0.3, 0.4) is 0 Å². The van der Waals surface area contributed by atoms with Crippen molar-refractivity contribution in [2.24, 2.45) is 0 Å². The lowest BCUT2D eigenvalue weighted by Crippen LogP contribution is -2.20. The van der Waals surface area contributed by atoms with Crippen LogP contribution in [-0.4, -0.2) is 185 Å². The maximum atomic E-state index is 12.3. The molecule has 546 valence electrons. The first-order valence-electron chi connectivity index (χ1n) is 33.4. The van der Waals surface area contributed by atoms with Crippen molar-refractivity contribution >= 4 is 67.9 Å². The number of H-pyrrole nitrogens is 4.